The molecule has 27 heavy (non-hydrogen) atoms. The second kappa shape index (κ2) is 9.97. The molecule has 1 N–H and O–H groups in total. The summed E-state index contributed by atoms with van der Waals surface area (Å²) in [5, 5.41) is 11.7. The van der Waals surface area contributed by atoms with E-state index in [0.717, 1.165) is 11.1 Å². The Hall–Kier alpha value is -3.33. The monoisotopic (exact) mass is 366 g/mol. The molecule has 0 aliphatic carbocycles. The van der Waals surface area contributed by atoms with Crippen molar-refractivity contribution in [3.05, 3.63) is 65.2 Å². The molecular weight excluding hydrogens is 344 g/mol. The van der Waals surface area contributed by atoms with Gasteiger partial charge < -0.3 is 14.8 Å². The molecule has 140 valence electrons. The molecule has 0 aliphatic rings. The number of methoxy groups -OCH3 is 2. The highest BCUT2D eigenvalue weighted by Crippen LogP contribution is 2.21. The summed E-state index contributed by atoms with van der Waals surface area (Å²) in [6.45, 7) is 0. The summed E-state index contributed by atoms with van der Waals surface area (Å²) >= 11 is 0. The van der Waals surface area contributed by atoms with Gasteiger partial charge in [-0.25, -0.2) is 0 Å². The molecule has 1 amide bonds. The van der Waals surface area contributed by atoms with Gasteiger partial charge in [0.1, 0.15) is 5.75 Å². The zero-order chi connectivity index (χ0) is 19.6. The smallest absolute Gasteiger partial charge is 0.307 e. The maximum atomic E-state index is 12.4. The average Bonchev–Trinajstić information content (AvgIpc) is 2.72. The maximum Gasteiger partial charge on any atom is 0.307 e. The fourth-order valence-corrected chi connectivity index (χ4v) is 2.61. The quantitative estimate of drug-likeness (QED) is 0.726. The Bertz CT molecular complexity index is 808. The van der Waals surface area contributed by atoms with Crippen molar-refractivity contribution in [2.24, 2.45) is 0 Å². The Balaban J connectivity index is 2.00. The van der Waals surface area contributed by atoms with E-state index in [4.69, 9.17) is 14.7 Å². The minimum atomic E-state index is -0.475. The number of hydrogen-bond acceptors (Lipinski definition) is 5. The van der Waals surface area contributed by atoms with Crippen LogP contribution in [0.4, 0.5) is 0 Å². The van der Waals surface area contributed by atoms with Gasteiger partial charge in [0.2, 0.25) is 5.91 Å². The van der Waals surface area contributed by atoms with Crippen molar-refractivity contribution in [1.29, 1.82) is 5.26 Å². The summed E-state index contributed by atoms with van der Waals surface area (Å²) in [7, 11) is 2.89. The number of nitrogens with one attached hydrogen (secondary N) is 1. The number of nitriles is 1. The van der Waals surface area contributed by atoms with Crippen molar-refractivity contribution < 1.29 is 19.1 Å². The number of benzene rings is 2. The fourth-order valence-electron chi connectivity index (χ4n) is 2.61. The molecule has 0 aromatic heterocycles. The third-order valence-electron chi connectivity index (χ3n) is 4.18. The standard InChI is InChI=1S/C21H22N2O4/c1-26-18-10-8-17(9-11-18)19(13-21(25)27-2)23-20(24)12-7-15-3-5-16(14-22)6-4-15/h3-6,8-11,19H,7,12-13H2,1-2H3,(H,23,24). The molecule has 2 aromatic rings. The first-order valence-corrected chi connectivity index (χ1v) is 8.55. The van der Waals surface area contributed by atoms with E-state index in [-0.39, 0.29) is 18.7 Å². The lowest BCUT2D eigenvalue weighted by Gasteiger charge is -2.18. The van der Waals surface area contributed by atoms with Crippen LogP contribution < -0.4 is 10.1 Å². The van der Waals surface area contributed by atoms with Crippen LogP contribution in [0.3, 0.4) is 0 Å². The zero-order valence-corrected chi connectivity index (χ0v) is 15.4. The molecule has 6 nitrogen and oxygen atoms in total. The molecule has 0 fully saturated rings. The summed E-state index contributed by atoms with van der Waals surface area (Å²) < 4.78 is 9.88. The average molecular weight is 366 g/mol. The van der Waals surface area contributed by atoms with Gasteiger partial charge in [-0.3, -0.25) is 9.59 Å². The van der Waals surface area contributed by atoms with E-state index in [9.17, 15) is 9.59 Å². The summed E-state index contributed by atoms with van der Waals surface area (Å²) in [6, 6.07) is 15.9. The lowest BCUT2D eigenvalue weighted by atomic mass is 10.0. The highest BCUT2D eigenvalue weighted by Gasteiger charge is 2.19. The fraction of sp³-hybridized carbons (Fsp3) is 0.286. The predicted molar refractivity (Wildman–Crippen MR) is 100.0 cm³/mol. The molecule has 0 heterocycles. The van der Waals surface area contributed by atoms with Crippen molar-refractivity contribution in [2.45, 2.75) is 25.3 Å². The van der Waals surface area contributed by atoms with Gasteiger partial charge in [-0.2, -0.15) is 5.26 Å². The van der Waals surface area contributed by atoms with E-state index < -0.39 is 12.0 Å². The highest BCUT2D eigenvalue weighted by molar-refractivity contribution is 5.78. The molecule has 0 radical (unpaired) electrons. The normalized spacial score (nSPS) is 11.1. The van der Waals surface area contributed by atoms with E-state index in [1.807, 2.05) is 24.3 Å². The third-order valence-corrected chi connectivity index (χ3v) is 4.18. The van der Waals surface area contributed by atoms with E-state index in [2.05, 4.69) is 11.4 Å². The number of hydrogen-bond donors (Lipinski definition) is 1. The Kier molecular flexibility index (Phi) is 7.38. The van der Waals surface area contributed by atoms with Crippen LogP contribution in [-0.4, -0.2) is 26.1 Å². The molecule has 0 bridgehead atoms. The number of amides is 1. The number of esters is 1. The molecule has 1 unspecified atom stereocenters. The molecule has 1 atom stereocenters. The number of nitrogens with zero attached hydrogens (tertiary/aromatic N) is 1. The number of rotatable bonds is 8. The van der Waals surface area contributed by atoms with Gasteiger partial charge in [-0.1, -0.05) is 24.3 Å². The Morgan fingerprint density at radius 2 is 1.74 bits per heavy atom. The van der Waals surface area contributed by atoms with Crippen LogP contribution in [-0.2, 0) is 20.7 Å². The van der Waals surface area contributed by atoms with E-state index >= 15 is 0 Å². The molecular formula is C21H22N2O4. The summed E-state index contributed by atoms with van der Waals surface area (Å²) in [5.41, 5.74) is 2.35. The van der Waals surface area contributed by atoms with Gasteiger partial charge in [0.15, 0.2) is 0 Å². The lowest BCUT2D eigenvalue weighted by molar-refractivity contribution is -0.141. The van der Waals surface area contributed by atoms with Gasteiger partial charge >= 0.3 is 5.97 Å². The Morgan fingerprint density at radius 1 is 1.07 bits per heavy atom. The first-order valence-electron chi connectivity index (χ1n) is 8.55. The van der Waals surface area contributed by atoms with Crippen molar-refractivity contribution in [3.8, 4) is 11.8 Å². The van der Waals surface area contributed by atoms with Gasteiger partial charge in [0, 0.05) is 6.42 Å². The summed E-state index contributed by atoms with van der Waals surface area (Å²) in [4.78, 5) is 24.1. The molecule has 0 spiro atoms. The predicted octanol–water partition coefficient (Wildman–Crippen LogP) is 2.92. The first-order chi connectivity index (χ1) is 13.0. The van der Waals surface area contributed by atoms with Crippen molar-refractivity contribution in [3.63, 3.8) is 0 Å². The molecule has 6 heteroatoms. The molecule has 0 aliphatic heterocycles. The Labute approximate surface area is 158 Å². The highest BCUT2D eigenvalue weighted by atomic mass is 16.5. The van der Waals surface area contributed by atoms with Gasteiger partial charge in [0.05, 0.1) is 38.3 Å². The van der Waals surface area contributed by atoms with Crippen LogP contribution >= 0.6 is 0 Å². The Morgan fingerprint density at radius 3 is 2.30 bits per heavy atom. The molecule has 2 rings (SSSR count). The van der Waals surface area contributed by atoms with E-state index in [1.165, 1.54) is 7.11 Å². The van der Waals surface area contributed by atoms with Crippen LogP contribution in [0.15, 0.2) is 48.5 Å². The SMILES string of the molecule is COC(=O)CC(NC(=O)CCc1ccc(C#N)cc1)c1ccc(OC)cc1. The largest absolute Gasteiger partial charge is 0.497 e. The zero-order valence-electron chi connectivity index (χ0n) is 15.4. The van der Waals surface area contributed by atoms with Crippen molar-refractivity contribution >= 4 is 11.9 Å². The number of carbonyl (C=O) groups is 2. The van der Waals surface area contributed by atoms with Crippen LogP contribution in [0.25, 0.3) is 0 Å². The van der Waals surface area contributed by atoms with Crippen molar-refractivity contribution in [1.82, 2.24) is 5.32 Å². The second-order valence-corrected chi connectivity index (χ2v) is 5.98. The van der Waals surface area contributed by atoms with Crippen molar-refractivity contribution in [2.75, 3.05) is 14.2 Å². The van der Waals surface area contributed by atoms with Crippen LogP contribution in [0.5, 0.6) is 5.75 Å². The van der Waals surface area contributed by atoms with Gasteiger partial charge in [0.25, 0.3) is 0 Å². The van der Waals surface area contributed by atoms with Crippen LogP contribution in [0, 0.1) is 11.3 Å². The van der Waals surface area contributed by atoms with Gasteiger partial charge in [-0.15, -0.1) is 0 Å². The minimum absolute atomic E-state index is 0.0471. The molecule has 2 aromatic carbocycles. The molecule has 0 saturated heterocycles. The number of ether oxygens (including phenoxy) is 2. The number of aryl methyl sites for hydroxylation is 1. The third kappa shape index (κ3) is 6.15. The summed E-state index contributed by atoms with van der Waals surface area (Å²) in [5.74, 6) is 0.134. The van der Waals surface area contributed by atoms with Gasteiger partial charge in [-0.05, 0) is 41.8 Å². The lowest BCUT2D eigenvalue weighted by Crippen LogP contribution is -2.30. The summed E-state index contributed by atoms with van der Waals surface area (Å²) in [6.07, 6.45) is 0.871. The van der Waals surface area contributed by atoms with E-state index in [1.54, 1.807) is 31.4 Å². The minimum Gasteiger partial charge on any atom is -0.497 e. The van der Waals surface area contributed by atoms with E-state index in [0.29, 0.717) is 17.7 Å². The first kappa shape index (κ1) is 20.0. The molecule has 0 saturated carbocycles. The van der Waals surface area contributed by atoms with Crippen LogP contribution in [0.2, 0.25) is 0 Å². The number of carbonyl (C=O) groups excluding carboxylic acids is 2. The topological polar surface area (TPSA) is 88.4 Å². The van der Waals surface area contributed by atoms with Crippen LogP contribution in [0.1, 0.15) is 35.6 Å². The maximum absolute atomic E-state index is 12.4. The second-order valence-electron chi connectivity index (χ2n) is 5.98.